The fourth-order valence-electron chi connectivity index (χ4n) is 1.98. The Kier molecular flexibility index (Phi) is 6.81. The van der Waals surface area contributed by atoms with E-state index in [1.807, 2.05) is 42.5 Å². The van der Waals surface area contributed by atoms with Crippen LogP contribution < -0.4 is 14.9 Å². The molecule has 2 rings (SSSR count). The van der Waals surface area contributed by atoms with Gasteiger partial charge >= 0.3 is 0 Å². The number of hydrazone groups is 1. The van der Waals surface area contributed by atoms with Crippen LogP contribution in [0.25, 0.3) is 0 Å². The number of halogens is 1. The third-order valence-electron chi connectivity index (χ3n) is 3.29. The molecule has 1 N–H and O–H groups in total. The van der Waals surface area contributed by atoms with E-state index in [9.17, 15) is 4.79 Å². The van der Waals surface area contributed by atoms with Crippen LogP contribution in [0, 0.1) is 0 Å². The van der Waals surface area contributed by atoms with E-state index in [0.29, 0.717) is 11.5 Å². The quantitative estimate of drug-likeness (QED) is 0.580. The molecule has 0 aliphatic heterocycles. The molecule has 0 radical (unpaired) electrons. The summed E-state index contributed by atoms with van der Waals surface area (Å²) in [4.78, 5) is 11.8. The van der Waals surface area contributed by atoms with Crippen LogP contribution in [0.4, 0.5) is 0 Å². The molecule has 0 spiro atoms. The molecule has 0 saturated carbocycles. The van der Waals surface area contributed by atoms with Crippen molar-refractivity contribution in [2.24, 2.45) is 5.10 Å². The van der Waals surface area contributed by atoms with Gasteiger partial charge in [-0.05, 0) is 42.3 Å². The molecule has 0 atom stereocenters. The SMILES string of the molecule is CCc1ccc(OCC(=O)NN=Cc2cc(Br)ccc2OC)cc1. The summed E-state index contributed by atoms with van der Waals surface area (Å²) in [6, 6.07) is 13.2. The number of amides is 1. The Bertz CT molecular complexity index is 715. The molecule has 0 aromatic heterocycles. The summed E-state index contributed by atoms with van der Waals surface area (Å²) in [5.74, 6) is 0.989. The Morgan fingerprint density at radius 1 is 1.25 bits per heavy atom. The lowest BCUT2D eigenvalue weighted by molar-refractivity contribution is -0.123. The Hall–Kier alpha value is -2.34. The smallest absolute Gasteiger partial charge is 0.277 e. The van der Waals surface area contributed by atoms with Gasteiger partial charge in [-0.25, -0.2) is 5.43 Å². The van der Waals surface area contributed by atoms with Gasteiger partial charge in [0.2, 0.25) is 0 Å². The van der Waals surface area contributed by atoms with E-state index in [4.69, 9.17) is 9.47 Å². The highest BCUT2D eigenvalue weighted by molar-refractivity contribution is 9.10. The minimum absolute atomic E-state index is 0.0988. The average molecular weight is 391 g/mol. The molecule has 0 aliphatic carbocycles. The highest BCUT2D eigenvalue weighted by Crippen LogP contribution is 2.21. The van der Waals surface area contributed by atoms with Gasteiger partial charge in [0, 0.05) is 10.0 Å². The van der Waals surface area contributed by atoms with E-state index < -0.39 is 0 Å². The lowest BCUT2D eigenvalue weighted by Crippen LogP contribution is -2.24. The molecular formula is C18H19BrN2O3. The molecule has 24 heavy (non-hydrogen) atoms. The minimum atomic E-state index is -0.334. The number of benzene rings is 2. The van der Waals surface area contributed by atoms with Crippen LogP contribution in [0.2, 0.25) is 0 Å². The van der Waals surface area contributed by atoms with Crippen LogP contribution in [0.1, 0.15) is 18.1 Å². The highest BCUT2D eigenvalue weighted by atomic mass is 79.9. The van der Waals surface area contributed by atoms with Gasteiger partial charge < -0.3 is 9.47 Å². The molecule has 0 fully saturated rings. The fourth-order valence-corrected chi connectivity index (χ4v) is 2.36. The van der Waals surface area contributed by atoms with Crippen molar-refractivity contribution in [1.29, 1.82) is 0 Å². The van der Waals surface area contributed by atoms with Gasteiger partial charge in [-0.3, -0.25) is 4.79 Å². The van der Waals surface area contributed by atoms with Gasteiger partial charge in [-0.1, -0.05) is 35.0 Å². The summed E-state index contributed by atoms with van der Waals surface area (Å²) in [6.07, 6.45) is 2.49. The maximum absolute atomic E-state index is 11.8. The molecule has 2 aromatic carbocycles. The van der Waals surface area contributed by atoms with Crippen LogP contribution in [0.5, 0.6) is 11.5 Å². The van der Waals surface area contributed by atoms with Crippen molar-refractivity contribution in [2.45, 2.75) is 13.3 Å². The van der Waals surface area contributed by atoms with Crippen LogP contribution in [-0.2, 0) is 11.2 Å². The predicted molar refractivity (Wildman–Crippen MR) is 97.7 cm³/mol. The summed E-state index contributed by atoms with van der Waals surface area (Å²) in [5, 5.41) is 3.93. The van der Waals surface area contributed by atoms with E-state index in [1.165, 1.54) is 11.8 Å². The number of aryl methyl sites for hydroxylation is 1. The molecule has 0 heterocycles. The lowest BCUT2D eigenvalue weighted by Gasteiger charge is -2.06. The first-order valence-electron chi connectivity index (χ1n) is 7.49. The van der Waals surface area contributed by atoms with Gasteiger partial charge in [0.25, 0.3) is 5.91 Å². The van der Waals surface area contributed by atoms with Crippen molar-refractivity contribution in [3.05, 3.63) is 58.1 Å². The molecule has 126 valence electrons. The maximum atomic E-state index is 11.8. The number of carbonyl (C=O) groups excluding carboxylic acids is 1. The molecule has 0 saturated heterocycles. The number of nitrogens with one attached hydrogen (secondary N) is 1. The average Bonchev–Trinajstić information content (AvgIpc) is 2.60. The molecule has 5 nitrogen and oxygen atoms in total. The fraction of sp³-hybridized carbons (Fsp3) is 0.222. The van der Waals surface area contributed by atoms with Gasteiger partial charge in [0.05, 0.1) is 13.3 Å². The summed E-state index contributed by atoms with van der Waals surface area (Å²) in [5.41, 5.74) is 4.40. The van der Waals surface area contributed by atoms with Crippen molar-refractivity contribution in [2.75, 3.05) is 13.7 Å². The molecule has 2 aromatic rings. The van der Waals surface area contributed by atoms with Crippen LogP contribution in [-0.4, -0.2) is 25.8 Å². The third-order valence-corrected chi connectivity index (χ3v) is 3.78. The number of rotatable bonds is 7. The predicted octanol–water partition coefficient (Wildman–Crippen LogP) is 3.55. The van der Waals surface area contributed by atoms with E-state index in [0.717, 1.165) is 16.5 Å². The van der Waals surface area contributed by atoms with Crippen LogP contribution in [0.3, 0.4) is 0 Å². The van der Waals surface area contributed by atoms with Crippen molar-refractivity contribution < 1.29 is 14.3 Å². The molecule has 6 heteroatoms. The zero-order valence-corrected chi connectivity index (χ0v) is 15.2. The Morgan fingerprint density at radius 2 is 2.00 bits per heavy atom. The monoisotopic (exact) mass is 390 g/mol. The standard InChI is InChI=1S/C18H19BrN2O3/c1-3-13-4-7-16(8-5-13)24-12-18(22)21-20-11-14-10-15(19)6-9-17(14)23-2/h4-11H,3,12H2,1-2H3,(H,21,22). The number of hydrogen-bond donors (Lipinski definition) is 1. The van der Waals surface area contributed by atoms with Gasteiger partial charge in [-0.2, -0.15) is 5.10 Å². The molecule has 0 aliphatic rings. The minimum Gasteiger partial charge on any atom is -0.496 e. The van der Waals surface area contributed by atoms with Gasteiger partial charge in [0.15, 0.2) is 6.61 Å². The van der Waals surface area contributed by atoms with E-state index in [-0.39, 0.29) is 12.5 Å². The second-order valence-electron chi connectivity index (χ2n) is 4.97. The number of hydrogen-bond acceptors (Lipinski definition) is 4. The first-order chi connectivity index (χ1) is 11.6. The van der Waals surface area contributed by atoms with Crippen molar-refractivity contribution >= 4 is 28.1 Å². The Balaban J connectivity index is 1.85. The van der Waals surface area contributed by atoms with E-state index in [2.05, 4.69) is 33.4 Å². The molecule has 0 bridgehead atoms. The third kappa shape index (κ3) is 5.38. The zero-order chi connectivity index (χ0) is 17.4. The highest BCUT2D eigenvalue weighted by Gasteiger charge is 2.03. The van der Waals surface area contributed by atoms with Crippen molar-refractivity contribution in [1.82, 2.24) is 5.43 Å². The number of methoxy groups -OCH3 is 1. The van der Waals surface area contributed by atoms with Crippen molar-refractivity contribution in [3.63, 3.8) is 0 Å². The maximum Gasteiger partial charge on any atom is 0.277 e. The number of carbonyl (C=O) groups is 1. The first-order valence-corrected chi connectivity index (χ1v) is 8.29. The Morgan fingerprint density at radius 3 is 2.67 bits per heavy atom. The van der Waals surface area contributed by atoms with Crippen molar-refractivity contribution in [3.8, 4) is 11.5 Å². The largest absolute Gasteiger partial charge is 0.496 e. The normalized spacial score (nSPS) is 10.6. The number of ether oxygens (including phenoxy) is 2. The summed E-state index contributed by atoms with van der Waals surface area (Å²) in [6.45, 7) is 1.99. The molecule has 0 unspecified atom stereocenters. The molecule has 1 amide bonds. The van der Waals surface area contributed by atoms with Gasteiger partial charge in [0.1, 0.15) is 11.5 Å². The molecular weight excluding hydrogens is 372 g/mol. The summed E-state index contributed by atoms with van der Waals surface area (Å²) in [7, 11) is 1.58. The first kappa shape index (κ1) is 18.0. The van der Waals surface area contributed by atoms with Crippen LogP contribution in [0.15, 0.2) is 52.0 Å². The second kappa shape index (κ2) is 9.08. The summed E-state index contributed by atoms with van der Waals surface area (Å²) >= 11 is 3.38. The van der Waals surface area contributed by atoms with Gasteiger partial charge in [-0.15, -0.1) is 0 Å². The number of nitrogens with zero attached hydrogens (tertiary/aromatic N) is 1. The van der Waals surface area contributed by atoms with Crippen LogP contribution >= 0.6 is 15.9 Å². The topological polar surface area (TPSA) is 59.9 Å². The Labute approximate surface area is 149 Å². The second-order valence-corrected chi connectivity index (χ2v) is 5.88. The van der Waals surface area contributed by atoms with E-state index >= 15 is 0 Å². The zero-order valence-electron chi connectivity index (χ0n) is 13.6. The summed E-state index contributed by atoms with van der Waals surface area (Å²) < 4.78 is 11.5. The van der Waals surface area contributed by atoms with E-state index in [1.54, 1.807) is 7.11 Å². The lowest BCUT2D eigenvalue weighted by atomic mass is 10.2.